The predicted octanol–water partition coefficient (Wildman–Crippen LogP) is 4.16. The number of pyridine rings is 1. The Morgan fingerprint density at radius 1 is 1.05 bits per heavy atom. The van der Waals surface area contributed by atoms with Crippen molar-refractivity contribution >= 4 is 16.6 Å². The van der Waals surface area contributed by atoms with Gasteiger partial charge >= 0.3 is 0 Å². The van der Waals surface area contributed by atoms with Crippen LogP contribution >= 0.6 is 0 Å². The second kappa shape index (κ2) is 5.83. The third-order valence-corrected chi connectivity index (χ3v) is 3.45. The van der Waals surface area contributed by atoms with Crippen molar-refractivity contribution in [2.24, 2.45) is 0 Å². The zero-order chi connectivity index (χ0) is 14.7. The van der Waals surface area contributed by atoms with Gasteiger partial charge in [0.25, 0.3) is 0 Å². The van der Waals surface area contributed by atoms with Gasteiger partial charge in [0.15, 0.2) is 0 Å². The van der Waals surface area contributed by atoms with Crippen LogP contribution in [0.4, 0.5) is 5.69 Å². The summed E-state index contributed by atoms with van der Waals surface area (Å²) in [7, 11) is 1.67. The molecule has 1 heterocycles. The van der Waals surface area contributed by atoms with Crippen LogP contribution in [0.2, 0.25) is 0 Å². The molecule has 0 aliphatic heterocycles. The van der Waals surface area contributed by atoms with Crippen molar-refractivity contribution in [2.45, 2.75) is 13.5 Å². The summed E-state index contributed by atoms with van der Waals surface area (Å²) >= 11 is 0. The first kappa shape index (κ1) is 13.4. The molecule has 3 aromatic rings. The molecule has 0 aliphatic rings. The van der Waals surface area contributed by atoms with E-state index in [9.17, 15) is 0 Å². The summed E-state index contributed by atoms with van der Waals surface area (Å²) in [5.74, 6) is 0.810. The zero-order valence-electron chi connectivity index (χ0n) is 12.3. The smallest absolute Gasteiger partial charge is 0.145 e. The maximum absolute atomic E-state index is 5.38. The van der Waals surface area contributed by atoms with Crippen molar-refractivity contribution in [1.82, 2.24) is 4.98 Å². The molecule has 0 spiro atoms. The molecule has 1 N–H and O–H groups in total. The van der Waals surface area contributed by atoms with E-state index in [2.05, 4.69) is 42.6 Å². The fourth-order valence-corrected chi connectivity index (χ4v) is 2.37. The van der Waals surface area contributed by atoms with Gasteiger partial charge in [-0.2, -0.15) is 0 Å². The highest BCUT2D eigenvalue weighted by Crippen LogP contribution is 2.23. The van der Waals surface area contributed by atoms with E-state index in [1.165, 1.54) is 5.56 Å². The van der Waals surface area contributed by atoms with Gasteiger partial charge in [0.1, 0.15) is 11.3 Å². The lowest BCUT2D eigenvalue weighted by atomic mass is 10.2. The number of methoxy groups -OCH3 is 1. The van der Waals surface area contributed by atoms with Crippen molar-refractivity contribution in [3.8, 4) is 5.75 Å². The molecule has 0 aliphatic carbocycles. The number of ether oxygens (including phenoxy) is 1. The van der Waals surface area contributed by atoms with Crippen molar-refractivity contribution in [3.05, 3.63) is 65.9 Å². The minimum absolute atomic E-state index is 0.692. The molecule has 0 saturated heterocycles. The predicted molar refractivity (Wildman–Crippen MR) is 86.8 cm³/mol. The first-order valence-electron chi connectivity index (χ1n) is 6.99. The average molecular weight is 278 g/mol. The van der Waals surface area contributed by atoms with Gasteiger partial charge in [0.2, 0.25) is 0 Å². The molecular weight excluding hydrogens is 260 g/mol. The Labute approximate surface area is 124 Å². The van der Waals surface area contributed by atoms with Crippen LogP contribution in [0.5, 0.6) is 5.75 Å². The van der Waals surface area contributed by atoms with E-state index < -0.39 is 0 Å². The Bertz CT molecular complexity index is 768. The molecule has 0 amide bonds. The third-order valence-electron chi connectivity index (χ3n) is 3.45. The number of hydrogen-bond donors (Lipinski definition) is 1. The van der Waals surface area contributed by atoms with Crippen LogP contribution in [0, 0.1) is 6.92 Å². The molecule has 1 aromatic heterocycles. The molecule has 0 atom stereocenters. The Kier molecular flexibility index (Phi) is 3.73. The van der Waals surface area contributed by atoms with Gasteiger partial charge in [-0.25, -0.2) is 4.98 Å². The lowest BCUT2D eigenvalue weighted by Gasteiger charge is -2.09. The van der Waals surface area contributed by atoms with E-state index in [4.69, 9.17) is 9.72 Å². The standard InChI is InChI=1S/C18H18N2O/c1-13-5-3-7-15(11-13)19-12-16-10-9-14-6-4-8-17(21-2)18(14)20-16/h3-11,19H,12H2,1-2H3. The summed E-state index contributed by atoms with van der Waals surface area (Å²) in [4.78, 5) is 4.70. The molecule has 3 heteroatoms. The number of aromatic nitrogens is 1. The number of fused-ring (bicyclic) bond motifs is 1. The first-order valence-corrected chi connectivity index (χ1v) is 6.99. The largest absolute Gasteiger partial charge is 0.494 e. The topological polar surface area (TPSA) is 34.1 Å². The van der Waals surface area contributed by atoms with Crippen molar-refractivity contribution in [2.75, 3.05) is 12.4 Å². The minimum atomic E-state index is 0.692. The van der Waals surface area contributed by atoms with Crippen molar-refractivity contribution < 1.29 is 4.74 Å². The minimum Gasteiger partial charge on any atom is -0.494 e. The molecule has 3 nitrogen and oxygen atoms in total. The highest BCUT2D eigenvalue weighted by molar-refractivity contribution is 5.84. The molecule has 2 aromatic carbocycles. The van der Waals surface area contributed by atoms with E-state index in [-0.39, 0.29) is 0 Å². The zero-order valence-corrected chi connectivity index (χ0v) is 12.3. The van der Waals surface area contributed by atoms with Gasteiger partial charge in [0.05, 0.1) is 19.3 Å². The number of rotatable bonds is 4. The summed E-state index contributed by atoms with van der Waals surface area (Å²) in [6, 6.07) is 18.4. The Balaban J connectivity index is 1.84. The first-order chi connectivity index (χ1) is 10.3. The van der Waals surface area contributed by atoms with Crippen LogP contribution in [0.3, 0.4) is 0 Å². The lowest BCUT2D eigenvalue weighted by molar-refractivity contribution is 0.419. The number of nitrogens with one attached hydrogen (secondary N) is 1. The number of aryl methyl sites for hydroxylation is 1. The molecular formula is C18H18N2O. The second-order valence-electron chi connectivity index (χ2n) is 5.06. The molecule has 0 bridgehead atoms. The molecule has 106 valence electrons. The van der Waals surface area contributed by atoms with E-state index in [1.807, 2.05) is 24.3 Å². The van der Waals surface area contributed by atoms with Gasteiger partial charge < -0.3 is 10.1 Å². The maximum atomic E-state index is 5.38. The Morgan fingerprint density at radius 2 is 1.90 bits per heavy atom. The number of para-hydroxylation sites is 1. The molecule has 0 fully saturated rings. The van der Waals surface area contributed by atoms with Crippen molar-refractivity contribution in [1.29, 1.82) is 0 Å². The Hall–Kier alpha value is -2.55. The average Bonchev–Trinajstić information content (AvgIpc) is 2.52. The summed E-state index contributed by atoms with van der Waals surface area (Å²) in [5.41, 5.74) is 4.25. The summed E-state index contributed by atoms with van der Waals surface area (Å²) in [6.45, 7) is 2.78. The summed E-state index contributed by atoms with van der Waals surface area (Å²) < 4.78 is 5.38. The normalized spacial score (nSPS) is 10.6. The number of benzene rings is 2. The number of hydrogen-bond acceptors (Lipinski definition) is 3. The van der Waals surface area contributed by atoms with Crippen LogP contribution < -0.4 is 10.1 Å². The summed E-state index contributed by atoms with van der Waals surface area (Å²) in [5, 5.41) is 4.49. The highest BCUT2D eigenvalue weighted by atomic mass is 16.5. The fourth-order valence-electron chi connectivity index (χ4n) is 2.37. The lowest BCUT2D eigenvalue weighted by Crippen LogP contribution is -2.02. The molecule has 0 unspecified atom stereocenters. The molecule has 0 saturated carbocycles. The van der Waals surface area contributed by atoms with Crippen LogP contribution in [-0.4, -0.2) is 12.1 Å². The second-order valence-corrected chi connectivity index (χ2v) is 5.06. The van der Waals surface area contributed by atoms with Gasteiger partial charge in [-0.1, -0.05) is 30.3 Å². The van der Waals surface area contributed by atoms with Crippen LogP contribution in [0.25, 0.3) is 10.9 Å². The number of anilines is 1. The van der Waals surface area contributed by atoms with E-state index in [0.717, 1.165) is 28.0 Å². The van der Waals surface area contributed by atoms with Crippen LogP contribution in [-0.2, 0) is 6.54 Å². The quantitative estimate of drug-likeness (QED) is 0.778. The van der Waals surface area contributed by atoms with Crippen LogP contribution in [0.1, 0.15) is 11.3 Å². The van der Waals surface area contributed by atoms with E-state index >= 15 is 0 Å². The summed E-state index contributed by atoms with van der Waals surface area (Å²) in [6.07, 6.45) is 0. The molecule has 0 radical (unpaired) electrons. The van der Waals surface area contributed by atoms with Crippen molar-refractivity contribution in [3.63, 3.8) is 0 Å². The molecule has 21 heavy (non-hydrogen) atoms. The van der Waals surface area contributed by atoms with Gasteiger partial charge in [-0.05, 0) is 36.8 Å². The van der Waals surface area contributed by atoms with Crippen LogP contribution in [0.15, 0.2) is 54.6 Å². The van der Waals surface area contributed by atoms with E-state index in [0.29, 0.717) is 6.54 Å². The maximum Gasteiger partial charge on any atom is 0.145 e. The SMILES string of the molecule is COc1cccc2ccc(CNc3cccc(C)c3)nc12. The monoisotopic (exact) mass is 278 g/mol. The fraction of sp³-hybridized carbons (Fsp3) is 0.167. The number of nitrogens with zero attached hydrogens (tertiary/aromatic N) is 1. The third kappa shape index (κ3) is 2.97. The Morgan fingerprint density at radius 3 is 2.71 bits per heavy atom. The van der Waals surface area contributed by atoms with E-state index in [1.54, 1.807) is 7.11 Å². The van der Waals surface area contributed by atoms with Gasteiger partial charge in [-0.15, -0.1) is 0 Å². The van der Waals surface area contributed by atoms with Gasteiger partial charge in [0, 0.05) is 11.1 Å². The van der Waals surface area contributed by atoms with Gasteiger partial charge in [-0.3, -0.25) is 0 Å². The molecule has 3 rings (SSSR count). The highest BCUT2D eigenvalue weighted by Gasteiger charge is 2.04.